The van der Waals surface area contributed by atoms with Gasteiger partial charge < -0.3 is 15.0 Å². The minimum atomic E-state index is -0.132. The van der Waals surface area contributed by atoms with Gasteiger partial charge in [-0.05, 0) is 49.1 Å². The van der Waals surface area contributed by atoms with Crippen LogP contribution in [0.2, 0.25) is 0 Å². The number of rotatable bonds is 5. The number of benzene rings is 1. The van der Waals surface area contributed by atoms with Crippen LogP contribution in [0.5, 0.6) is 5.75 Å². The summed E-state index contributed by atoms with van der Waals surface area (Å²) in [5.41, 5.74) is 2.23. The molecule has 1 atom stereocenters. The molecule has 1 N–H and O–H groups in total. The van der Waals surface area contributed by atoms with Crippen LogP contribution in [0, 0.1) is 0 Å². The standard InChI is InChI=1S/C21H27N3O3/c1-15(21(26)22-18-4-5-18)23-9-11-24(12-10-23)20(25)7-3-16-2-6-19-17(14-16)8-13-27-19/h2-3,6-7,14-15,18H,4-5,8-13H2,1H3,(H,22,26)/b7-3+. The topological polar surface area (TPSA) is 61.9 Å². The second-order valence-corrected chi connectivity index (χ2v) is 7.62. The summed E-state index contributed by atoms with van der Waals surface area (Å²) in [6, 6.07) is 6.29. The number of hydrogen-bond acceptors (Lipinski definition) is 4. The monoisotopic (exact) mass is 369 g/mol. The number of carbonyl (C=O) groups excluding carboxylic acids is 2. The van der Waals surface area contributed by atoms with Gasteiger partial charge in [0.15, 0.2) is 0 Å². The van der Waals surface area contributed by atoms with Crippen LogP contribution in [0.15, 0.2) is 24.3 Å². The number of nitrogens with one attached hydrogen (secondary N) is 1. The number of ether oxygens (including phenoxy) is 1. The highest BCUT2D eigenvalue weighted by molar-refractivity contribution is 5.92. The third kappa shape index (κ3) is 4.33. The molecule has 0 aromatic heterocycles. The number of carbonyl (C=O) groups is 2. The second-order valence-electron chi connectivity index (χ2n) is 7.62. The maximum absolute atomic E-state index is 12.5. The fourth-order valence-corrected chi connectivity index (χ4v) is 3.63. The molecule has 2 heterocycles. The lowest BCUT2D eigenvalue weighted by molar-refractivity contribution is -0.130. The zero-order chi connectivity index (χ0) is 18.8. The van der Waals surface area contributed by atoms with E-state index in [4.69, 9.17) is 4.74 Å². The minimum Gasteiger partial charge on any atom is -0.493 e. The number of amides is 2. The van der Waals surface area contributed by atoms with Gasteiger partial charge in [0.25, 0.3) is 0 Å². The molecule has 2 amide bonds. The van der Waals surface area contributed by atoms with E-state index in [1.807, 2.05) is 30.0 Å². The van der Waals surface area contributed by atoms with Crippen LogP contribution in [0.25, 0.3) is 6.08 Å². The molecular formula is C21H27N3O3. The van der Waals surface area contributed by atoms with Crippen LogP contribution in [-0.4, -0.2) is 66.5 Å². The molecule has 27 heavy (non-hydrogen) atoms. The highest BCUT2D eigenvalue weighted by Crippen LogP contribution is 2.26. The zero-order valence-electron chi connectivity index (χ0n) is 15.8. The molecule has 1 aromatic rings. The van der Waals surface area contributed by atoms with E-state index in [0.717, 1.165) is 50.3 Å². The summed E-state index contributed by atoms with van der Waals surface area (Å²) in [4.78, 5) is 28.7. The Morgan fingerprint density at radius 1 is 1.22 bits per heavy atom. The molecule has 2 aliphatic heterocycles. The molecule has 2 fully saturated rings. The Labute approximate surface area is 160 Å². The molecule has 0 bridgehead atoms. The summed E-state index contributed by atoms with van der Waals surface area (Å²) in [6.45, 7) is 5.46. The summed E-state index contributed by atoms with van der Waals surface area (Å²) in [6.07, 6.45) is 6.66. The summed E-state index contributed by atoms with van der Waals surface area (Å²) in [5.74, 6) is 1.09. The van der Waals surface area contributed by atoms with Gasteiger partial charge in [0.1, 0.15) is 5.75 Å². The van der Waals surface area contributed by atoms with E-state index in [2.05, 4.69) is 16.3 Å². The highest BCUT2D eigenvalue weighted by atomic mass is 16.5. The minimum absolute atomic E-state index is 0.0292. The Hall–Kier alpha value is -2.34. The molecule has 6 nitrogen and oxygen atoms in total. The first-order valence-corrected chi connectivity index (χ1v) is 9.87. The predicted octanol–water partition coefficient (Wildman–Crippen LogP) is 1.45. The van der Waals surface area contributed by atoms with Crippen molar-refractivity contribution in [2.75, 3.05) is 32.8 Å². The first-order chi connectivity index (χ1) is 13.1. The lowest BCUT2D eigenvalue weighted by Crippen LogP contribution is -2.55. The van der Waals surface area contributed by atoms with Gasteiger partial charge in [-0.15, -0.1) is 0 Å². The maximum atomic E-state index is 12.5. The van der Waals surface area contributed by atoms with E-state index in [9.17, 15) is 9.59 Å². The molecule has 0 radical (unpaired) electrons. The number of hydrogen-bond donors (Lipinski definition) is 1. The molecule has 1 aromatic carbocycles. The molecule has 0 spiro atoms. The first kappa shape index (κ1) is 18.0. The van der Waals surface area contributed by atoms with Crippen LogP contribution in [0.3, 0.4) is 0 Å². The van der Waals surface area contributed by atoms with Crippen LogP contribution < -0.4 is 10.1 Å². The molecule has 6 heteroatoms. The molecule has 1 saturated carbocycles. The van der Waals surface area contributed by atoms with Crippen molar-refractivity contribution >= 4 is 17.9 Å². The fourth-order valence-electron chi connectivity index (χ4n) is 3.63. The fraction of sp³-hybridized carbons (Fsp3) is 0.524. The van der Waals surface area contributed by atoms with Gasteiger partial charge >= 0.3 is 0 Å². The van der Waals surface area contributed by atoms with Gasteiger partial charge in [-0.25, -0.2) is 0 Å². The van der Waals surface area contributed by atoms with Crippen LogP contribution >= 0.6 is 0 Å². The Morgan fingerprint density at radius 2 is 2.00 bits per heavy atom. The number of fused-ring (bicyclic) bond motifs is 1. The lowest BCUT2D eigenvalue weighted by Gasteiger charge is -2.37. The van der Waals surface area contributed by atoms with Crippen molar-refractivity contribution in [1.82, 2.24) is 15.1 Å². The van der Waals surface area contributed by atoms with Gasteiger partial charge in [0, 0.05) is 44.7 Å². The van der Waals surface area contributed by atoms with E-state index < -0.39 is 0 Å². The highest BCUT2D eigenvalue weighted by Gasteiger charge is 2.30. The Bertz CT molecular complexity index is 749. The van der Waals surface area contributed by atoms with E-state index >= 15 is 0 Å². The van der Waals surface area contributed by atoms with Crippen LogP contribution in [0.4, 0.5) is 0 Å². The third-order valence-corrected chi connectivity index (χ3v) is 5.61. The van der Waals surface area contributed by atoms with Crippen molar-refractivity contribution in [3.8, 4) is 5.75 Å². The lowest BCUT2D eigenvalue weighted by atomic mass is 10.1. The third-order valence-electron chi connectivity index (χ3n) is 5.61. The molecule has 1 unspecified atom stereocenters. The van der Waals surface area contributed by atoms with Crippen molar-refractivity contribution in [3.05, 3.63) is 35.4 Å². The summed E-state index contributed by atoms with van der Waals surface area (Å²) in [7, 11) is 0. The summed E-state index contributed by atoms with van der Waals surface area (Å²) in [5, 5.41) is 3.06. The molecular weight excluding hydrogens is 342 g/mol. The second kappa shape index (κ2) is 7.72. The average Bonchev–Trinajstić information content (AvgIpc) is 3.38. The molecule has 3 aliphatic rings. The van der Waals surface area contributed by atoms with Crippen molar-refractivity contribution in [3.63, 3.8) is 0 Å². The Morgan fingerprint density at radius 3 is 2.74 bits per heavy atom. The van der Waals surface area contributed by atoms with Gasteiger partial charge in [-0.2, -0.15) is 0 Å². The van der Waals surface area contributed by atoms with Crippen molar-refractivity contribution in [1.29, 1.82) is 0 Å². The summed E-state index contributed by atoms with van der Waals surface area (Å²) >= 11 is 0. The van der Waals surface area contributed by atoms with Crippen molar-refractivity contribution in [2.24, 2.45) is 0 Å². The van der Waals surface area contributed by atoms with E-state index in [1.165, 1.54) is 5.56 Å². The quantitative estimate of drug-likeness (QED) is 0.798. The van der Waals surface area contributed by atoms with Crippen molar-refractivity contribution in [2.45, 2.75) is 38.3 Å². The Balaban J connectivity index is 1.27. The van der Waals surface area contributed by atoms with Gasteiger partial charge in [-0.1, -0.05) is 6.07 Å². The summed E-state index contributed by atoms with van der Waals surface area (Å²) < 4.78 is 5.51. The predicted molar refractivity (Wildman–Crippen MR) is 103 cm³/mol. The Kier molecular flexibility index (Phi) is 5.16. The van der Waals surface area contributed by atoms with Crippen molar-refractivity contribution < 1.29 is 14.3 Å². The smallest absolute Gasteiger partial charge is 0.246 e. The van der Waals surface area contributed by atoms with Crippen LogP contribution in [0.1, 0.15) is 30.9 Å². The molecule has 1 aliphatic carbocycles. The van der Waals surface area contributed by atoms with E-state index in [0.29, 0.717) is 19.1 Å². The SMILES string of the molecule is CC(C(=O)NC1CC1)N1CCN(C(=O)/C=C/c2ccc3c(c2)CCO3)CC1. The largest absolute Gasteiger partial charge is 0.493 e. The van der Waals surface area contributed by atoms with E-state index in [1.54, 1.807) is 6.08 Å². The average molecular weight is 369 g/mol. The molecule has 144 valence electrons. The number of nitrogens with zero attached hydrogens (tertiary/aromatic N) is 2. The molecule has 1 saturated heterocycles. The van der Waals surface area contributed by atoms with Gasteiger partial charge in [-0.3, -0.25) is 14.5 Å². The van der Waals surface area contributed by atoms with Gasteiger partial charge in [0.05, 0.1) is 12.6 Å². The normalized spacial score (nSPS) is 21.0. The first-order valence-electron chi connectivity index (χ1n) is 9.87. The number of piperazine rings is 1. The van der Waals surface area contributed by atoms with E-state index in [-0.39, 0.29) is 17.9 Å². The zero-order valence-corrected chi connectivity index (χ0v) is 15.8. The van der Waals surface area contributed by atoms with Crippen LogP contribution in [-0.2, 0) is 16.0 Å². The maximum Gasteiger partial charge on any atom is 0.246 e. The molecule has 4 rings (SSSR count). The van der Waals surface area contributed by atoms with Gasteiger partial charge in [0.2, 0.25) is 11.8 Å².